The average molecular weight is 607 g/mol. The second-order valence-corrected chi connectivity index (χ2v) is 13.6. The first-order chi connectivity index (χ1) is 21.6. The van der Waals surface area contributed by atoms with Crippen LogP contribution in [0.15, 0.2) is 83.7 Å². The third-order valence-corrected chi connectivity index (χ3v) is 9.84. The molecule has 232 valence electrons. The van der Waals surface area contributed by atoms with Gasteiger partial charge < -0.3 is 19.5 Å². The molecule has 3 fully saturated rings. The van der Waals surface area contributed by atoms with Crippen molar-refractivity contribution in [3.05, 3.63) is 108 Å². The Kier molecular flexibility index (Phi) is 7.10. The molecule has 10 heteroatoms. The minimum Gasteiger partial charge on any atom is -0.448 e. The van der Waals surface area contributed by atoms with Gasteiger partial charge in [0.1, 0.15) is 6.26 Å². The van der Waals surface area contributed by atoms with Gasteiger partial charge in [0.25, 0.3) is 11.8 Å². The maximum absolute atomic E-state index is 13.8. The number of nitrogens with one attached hydrogen (secondary N) is 1. The molecule has 4 aromatic rings. The fourth-order valence-corrected chi connectivity index (χ4v) is 6.92. The molecule has 1 N–H and O–H groups in total. The molecule has 2 aromatic heterocycles. The molecule has 2 aliphatic heterocycles. The third kappa shape index (κ3) is 5.54. The van der Waals surface area contributed by atoms with Crippen LogP contribution in [0.25, 0.3) is 0 Å². The van der Waals surface area contributed by atoms with Crippen LogP contribution in [-0.4, -0.2) is 68.5 Å². The molecule has 1 aliphatic carbocycles. The van der Waals surface area contributed by atoms with Crippen molar-refractivity contribution >= 4 is 17.7 Å². The summed E-state index contributed by atoms with van der Waals surface area (Å²) < 4.78 is 7.72. The first kappa shape index (κ1) is 29.0. The quantitative estimate of drug-likeness (QED) is 0.316. The number of aromatic nitrogens is 3. The molecule has 3 unspecified atom stereocenters. The van der Waals surface area contributed by atoms with Crippen LogP contribution in [0.2, 0.25) is 0 Å². The molecule has 4 heterocycles. The van der Waals surface area contributed by atoms with E-state index in [9.17, 15) is 14.4 Å². The minimum atomic E-state index is -0.402. The van der Waals surface area contributed by atoms with Gasteiger partial charge in [-0.15, -0.1) is 0 Å². The Labute approximate surface area is 262 Å². The highest BCUT2D eigenvalue weighted by molar-refractivity contribution is 5.94. The second-order valence-electron chi connectivity index (χ2n) is 13.6. The summed E-state index contributed by atoms with van der Waals surface area (Å²) in [5.74, 6) is -0.0594. The van der Waals surface area contributed by atoms with E-state index in [0.717, 1.165) is 17.5 Å². The highest BCUT2D eigenvalue weighted by Gasteiger charge is 2.61. The number of nitrogens with zero attached hydrogens (tertiary/aromatic N) is 5. The lowest BCUT2D eigenvalue weighted by atomic mass is 9.71. The van der Waals surface area contributed by atoms with E-state index in [1.807, 2.05) is 77.4 Å². The molecule has 3 atom stereocenters. The molecule has 2 saturated heterocycles. The zero-order valence-electron chi connectivity index (χ0n) is 25.8. The molecule has 45 heavy (non-hydrogen) atoms. The smallest absolute Gasteiger partial charge is 0.273 e. The molecule has 10 nitrogen and oxygen atoms in total. The van der Waals surface area contributed by atoms with Gasteiger partial charge in [0.2, 0.25) is 5.91 Å². The molecule has 3 aliphatic rings. The lowest BCUT2D eigenvalue weighted by Gasteiger charge is -2.50. The van der Waals surface area contributed by atoms with E-state index in [-0.39, 0.29) is 46.7 Å². The number of likely N-dealkylation sites (tertiary alicyclic amines) is 2. The maximum atomic E-state index is 13.8. The van der Waals surface area contributed by atoms with Crippen LogP contribution < -0.4 is 5.32 Å². The Morgan fingerprint density at radius 1 is 1.00 bits per heavy atom. The van der Waals surface area contributed by atoms with Crippen molar-refractivity contribution in [2.75, 3.05) is 26.2 Å². The van der Waals surface area contributed by atoms with Crippen molar-refractivity contribution in [3.63, 3.8) is 0 Å². The van der Waals surface area contributed by atoms with Gasteiger partial charge in [0.05, 0.1) is 30.3 Å². The van der Waals surface area contributed by atoms with E-state index in [2.05, 4.69) is 29.2 Å². The molecule has 1 spiro atoms. The molecular formula is C35H38N6O4. The number of amides is 3. The average Bonchev–Trinajstić information content (AvgIpc) is 3.50. The summed E-state index contributed by atoms with van der Waals surface area (Å²) in [6.45, 7) is 8.63. The van der Waals surface area contributed by atoms with Crippen molar-refractivity contribution in [2.45, 2.75) is 45.7 Å². The van der Waals surface area contributed by atoms with Crippen molar-refractivity contribution in [2.24, 2.45) is 16.7 Å². The number of hydrogen-bond acceptors (Lipinski definition) is 6. The van der Waals surface area contributed by atoms with Crippen LogP contribution in [0.4, 0.5) is 0 Å². The Bertz CT molecular complexity index is 1720. The standard InChI is InChI=1S/C35H38N6O4/c1-23(25-12-8-5-9-13-25)37-30(42)29-19-45-31(38-29)28-18-39(20-35(28)21-40(22-35)33(44)27-14-34(27,2)3)32(43)26-15-36-41(17-26)16-24-10-6-4-7-11-24/h4-13,15,17,19,23,27-28H,14,16,18,20-22H2,1-3H3,(H,37,42). The summed E-state index contributed by atoms with van der Waals surface area (Å²) in [5.41, 5.74) is 2.43. The highest BCUT2D eigenvalue weighted by atomic mass is 16.3. The zero-order chi connectivity index (χ0) is 31.3. The maximum Gasteiger partial charge on any atom is 0.273 e. The van der Waals surface area contributed by atoms with Crippen LogP contribution in [0.1, 0.15) is 77.0 Å². The van der Waals surface area contributed by atoms with Crippen LogP contribution in [0.5, 0.6) is 0 Å². The van der Waals surface area contributed by atoms with Gasteiger partial charge in [-0.05, 0) is 29.9 Å². The Morgan fingerprint density at radius 3 is 2.36 bits per heavy atom. The number of rotatable bonds is 8. The van der Waals surface area contributed by atoms with Gasteiger partial charge in [-0.1, -0.05) is 74.5 Å². The second kappa shape index (κ2) is 11.0. The first-order valence-electron chi connectivity index (χ1n) is 15.6. The van der Waals surface area contributed by atoms with Crippen LogP contribution in [0, 0.1) is 16.7 Å². The molecule has 3 amide bonds. The van der Waals surface area contributed by atoms with Crippen LogP contribution in [-0.2, 0) is 11.3 Å². The molecule has 2 aromatic carbocycles. The number of carbonyl (C=O) groups excluding carboxylic acids is 3. The van der Waals surface area contributed by atoms with Crippen LogP contribution >= 0.6 is 0 Å². The minimum absolute atomic E-state index is 0.0402. The van der Waals surface area contributed by atoms with Gasteiger partial charge in [0.15, 0.2) is 11.6 Å². The number of oxazole rings is 1. The summed E-state index contributed by atoms with van der Waals surface area (Å²) in [5, 5.41) is 7.43. The van der Waals surface area contributed by atoms with E-state index >= 15 is 0 Å². The normalized spacial score (nSPS) is 21.8. The summed E-state index contributed by atoms with van der Waals surface area (Å²) in [6.07, 6.45) is 5.68. The lowest BCUT2D eigenvalue weighted by molar-refractivity contribution is -0.146. The molecule has 1 saturated carbocycles. The fraction of sp³-hybridized carbons (Fsp3) is 0.400. The van der Waals surface area contributed by atoms with E-state index < -0.39 is 5.41 Å². The SMILES string of the molecule is CC(NC(=O)c1coc(C2CN(C(=O)c3cnn(Cc4ccccc4)c3)CC23CN(C(=O)C2CC2(C)C)C3)n1)c1ccccc1. The molecule has 0 bridgehead atoms. The van der Waals surface area contributed by atoms with E-state index in [1.165, 1.54) is 6.26 Å². The molecule has 7 rings (SSSR count). The number of benzene rings is 2. The fourth-order valence-electron chi connectivity index (χ4n) is 6.92. The summed E-state index contributed by atoms with van der Waals surface area (Å²) in [6, 6.07) is 19.5. The van der Waals surface area contributed by atoms with E-state index in [0.29, 0.717) is 44.2 Å². The number of hydrogen-bond donors (Lipinski definition) is 1. The van der Waals surface area contributed by atoms with E-state index in [1.54, 1.807) is 17.1 Å². The van der Waals surface area contributed by atoms with Gasteiger partial charge in [-0.25, -0.2) is 4.98 Å². The summed E-state index contributed by atoms with van der Waals surface area (Å²) >= 11 is 0. The lowest BCUT2D eigenvalue weighted by Crippen LogP contribution is -2.62. The van der Waals surface area contributed by atoms with Gasteiger partial charge >= 0.3 is 0 Å². The predicted molar refractivity (Wildman–Crippen MR) is 166 cm³/mol. The summed E-state index contributed by atoms with van der Waals surface area (Å²) in [4.78, 5) is 48.5. The predicted octanol–water partition coefficient (Wildman–Crippen LogP) is 4.52. The van der Waals surface area contributed by atoms with Crippen molar-refractivity contribution in [3.8, 4) is 0 Å². The van der Waals surface area contributed by atoms with Crippen molar-refractivity contribution < 1.29 is 18.8 Å². The Hall–Kier alpha value is -4.73. The van der Waals surface area contributed by atoms with Crippen molar-refractivity contribution in [1.82, 2.24) is 29.9 Å². The van der Waals surface area contributed by atoms with Crippen molar-refractivity contribution in [1.29, 1.82) is 0 Å². The van der Waals surface area contributed by atoms with Gasteiger partial charge in [-0.3, -0.25) is 19.1 Å². The molecule has 0 radical (unpaired) electrons. The third-order valence-electron chi connectivity index (χ3n) is 9.84. The zero-order valence-corrected chi connectivity index (χ0v) is 25.8. The van der Waals surface area contributed by atoms with Gasteiger partial charge in [0, 0.05) is 43.7 Å². The first-order valence-corrected chi connectivity index (χ1v) is 15.6. The topological polar surface area (TPSA) is 114 Å². The highest BCUT2D eigenvalue weighted by Crippen LogP contribution is 2.55. The molecular weight excluding hydrogens is 568 g/mol. The van der Waals surface area contributed by atoms with Crippen LogP contribution in [0.3, 0.4) is 0 Å². The van der Waals surface area contributed by atoms with Gasteiger partial charge in [-0.2, -0.15) is 5.10 Å². The largest absolute Gasteiger partial charge is 0.448 e. The summed E-state index contributed by atoms with van der Waals surface area (Å²) in [7, 11) is 0. The van der Waals surface area contributed by atoms with E-state index in [4.69, 9.17) is 4.42 Å². The Morgan fingerprint density at radius 2 is 1.67 bits per heavy atom. The Balaban J connectivity index is 1.09. The monoisotopic (exact) mass is 606 g/mol. The number of carbonyl (C=O) groups is 3.